The van der Waals surface area contributed by atoms with E-state index in [-0.39, 0.29) is 18.3 Å². The van der Waals surface area contributed by atoms with Gasteiger partial charge in [0.1, 0.15) is 5.82 Å². The molecule has 0 aliphatic carbocycles. The van der Waals surface area contributed by atoms with Crippen LogP contribution in [0.15, 0.2) is 60.9 Å². The van der Waals surface area contributed by atoms with Crippen LogP contribution in [0.4, 0.5) is 36.4 Å². The predicted molar refractivity (Wildman–Crippen MR) is 123 cm³/mol. The van der Waals surface area contributed by atoms with Crippen LogP contribution in [0.25, 0.3) is 0 Å². The molecule has 3 aromatic rings. The Kier molecular flexibility index (Phi) is 8.55. The Balaban J connectivity index is 1.92. The number of hydrogen-bond donors (Lipinski definition) is 1. The third-order valence-electron chi connectivity index (χ3n) is 5.17. The minimum Gasteiger partial charge on any atom is -0.316 e. The van der Waals surface area contributed by atoms with E-state index in [0.29, 0.717) is 24.2 Å². The van der Waals surface area contributed by atoms with Crippen molar-refractivity contribution >= 4 is 11.6 Å². The first-order valence-electron chi connectivity index (χ1n) is 10.8. The normalized spacial score (nSPS) is 11.6. The van der Waals surface area contributed by atoms with Crippen molar-refractivity contribution in [2.24, 2.45) is 0 Å². The fraction of sp³-hybridized carbons (Fsp3) is 0.231. The van der Waals surface area contributed by atoms with Gasteiger partial charge in [-0.15, -0.1) is 0 Å². The van der Waals surface area contributed by atoms with Crippen LogP contribution < -0.4 is 10.2 Å². The molecule has 0 bridgehead atoms. The number of aromatic nitrogens is 1. The van der Waals surface area contributed by atoms with Crippen molar-refractivity contribution in [1.82, 2.24) is 10.3 Å². The number of amides is 1. The maximum atomic E-state index is 13.5. The van der Waals surface area contributed by atoms with Crippen LogP contribution in [0, 0.1) is 17.7 Å². The lowest BCUT2D eigenvalue weighted by Crippen LogP contribution is -2.33. The summed E-state index contributed by atoms with van der Waals surface area (Å²) in [5.41, 5.74) is -2.14. The Morgan fingerprint density at radius 2 is 1.68 bits per heavy atom. The fourth-order valence-electron chi connectivity index (χ4n) is 3.45. The molecule has 0 aliphatic rings. The molecule has 1 amide bonds. The van der Waals surface area contributed by atoms with Crippen LogP contribution >= 0.6 is 0 Å². The van der Waals surface area contributed by atoms with Gasteiger partial charge in [-0.1, -0.05) is 17.9 Å². The lowest BCUT2D eigenvalue weighted by molar-refractivity contribution is -0.143. The van der Waals surface area contributed by atoms with E-state index in [1.807, 2.05) is 0 Å². The van der Waals surface area contributed by atoms with Crippen LogP contribution in [0.5, 0.6) is 0 Å². The van der Waals surface area contributed by atoms with E-state index in [4.69, 9.17) is 0 Å². The third kappa shape index (κ3) is 7.54. The van der Waals surface area contributed by atoms with Crippen molar-refractivity contribution in [2.75, 3.05) is 18.5 Å². The average Bonchev–Trinajstić information content (AvgIpc) is 2.82. The zero-order valence-electron chi connectivity index (χ0n) is 19.3. The Labute approximate surface area is 208 Å². The summed E-state index contributed by atoms with van der Waals surface area (Å²) in [5.74, 6) is 4.11. The summed E-state index contributed by atoms with van der Waals surface area (Å²) in [4.78, 5) is 18.2. The summed E-state index contributed by atoms with van der Waals surface area (Å²) >= 11 is 0. The SMILES string of the molecule is CNCc1cncc(C#CCN(C(=O)Cc2ccc(C(F)(F)F)cc2C(F)(F)F)c2ccc(F)cc2)c1. The molecule has 0 saturated carbocycles. The molecule has 0 saturated heterocycles. The second-order valence-corrected chi connectivity index (χ2v) is 7.91. The fourth-order valence-corrected chi connectivity index (χ4v) is 3.45. The standard InChI is InChI=1S/C26H20F7N3O/c1-34-14-18-11-17(15-35-16-18)3-2-10-36(22-8-6-21(27)7-9-22)24(37)12-19-4-5-20(25(28,29)30)13-23(19)26(31,32)33/h4-9,11,13,15-16,34H,10,12,14H2,1H3. The molecule has 4 nitrogen and oxygen atoms in total. The Morgan fingerprint density at radius 3 is 2.30 bits per heavy atom. The van der Waals surface area contributed by atoms with Gasteiger partial charge in [0.25, 0.3) is 0 Å². The van der Waals surface area contributed by atoms with Crippen LogP contribution in [0.2, 0.25) is 0 Å². The maximum absolute atomic E-state index is 13.5. The quantitative estimate of drug-likeness (QED) is 0.338. The largest absolute Gasteiger partial charge is 0.416 e. The van der Waals surface area contributed by atoms with E-state index in [9.17, 15) is 35.5 Å². The summed E-state index contributed by atoms with van der Waals surface area (Å²) in [6, 6.07) is 7.50. The predicted octanol–water partition coefficient (Wildman–Crippen LogP) is 5.61. The van der Waals surface area contributed by atoms with Gasteiger partial charge < -0.3 is 10.2 Å². The Morgan fingerprint density at radius 1 is 0.973 bits per heavy atom. The molecule has 1 aromatic heterocycles. The van der Waals surface area contributed by atoms with Crippen LogP contribution in [0.3, 0.4) is 0 Å². The molecule has 0 radical (unpaired) electrons. The number of benzene rings is 2. The molecule has 0 fully saturated rings. The lowest BCUT2D eigenvalue weighted by Gasteiger charge is -2.22. The topological polar surface area (TPSA) is 45.2 Å². The van der Waals surface area contributed by atoms with Gasteiger partial charge in [0.15, 0.2) is 0 Å². The number of alkyl halides is 6. The highest BCUT2D eigenvalue weighted by atomic mass is 19.4. The van der Waals surface area contributed by atoms with Gasteiger partial charge in [0, 0.05) is 30.2 Å². The summed E-state index contributed by atoms with van der Waals surface area (Å²) < 4.78 is 93.0. The number of carbonyl (C=O) groups excluding carboxylic acids is 1. The van der Waals surface area contributed by atoms with E-state index in [1.165, 1.54) is 18.3 Å². The highest BCUT2D eigenvalue weighted by molar-refractivity contribution is 5.95. The summed E-state index contributed by atoms with van der Waals surface area (Å²) in [5, 5.41) is 2.96. The van der Waals surface area contributed by atoms with Crippen LogP contribution in [0.1, 0.15) is 27.8 Å². The number of anilines is 1. The molecule has 0 unspecified atom stereocenters. The van der Waals surface area contributed by atoms with Gasteiger partial charge in [-0.05, 0) is 60.6 Å². The Bertz CT molecular complexity index is 1310. The molecule has 0 aliphatic heterocycles. The van der Waals surface area contributed by atoms with Crippen LogP contribution in [-0.4, -0.2) is 24.5 Å². The molecule has 37 heavy (non-hydrogen) atoms. The molecule has 194 valence electrons. The van der Waals surface area contributed by atoms with E-state index in [1.54, 1.807) is 19.3 Å². The first-order chi connectivity index (χ1) is 17.4. The molecular weight excluding hydrogens is 503 g/mol. The zero-order valence-corrected chi connectivity index (χ0v) is 19.3. The maximum Gasteiger partial charge on any atom is 0.416 e. The van der Waals surface area contributed by atoms with Crippen LogP contribution in [-0.2, 0) is 30.1 Å². The summed E-state index contributed by atoms with van der Waals surface area (Å²) in [7, 11) is 1.76. The smallest absolute Gasteiger partial charge is 0.316 e. The second-order valence-electron chi connectivity index (χ2n) is 7.91. The number of nitrogens with zero attached hydrogens (tertiary/aromatic N) is 2. The van der Waals surface area contributed by atoms with Gasteiger partial charge in [-0.3, -0.25) is 9.78 Å². The molecular formula is C26H20F7N3O. The van der Waals surface area contributed by atoms with Gasteiger partial charge in [-0.2, -0.15) is 26.3 Å². The average molecular weight is 523 g/mol. The number of rotatable bonds is 6. The number of carbonyl (C=O) groups is 1. The van der Waals surface area contributed by atoms with Crippen molar-refractivity contribution in [2.45, 2.75) is 25.3 Å². The van der Waals surface area contributed by atoms with E-state index < -0.39 is 47.2 Å². The lowest BCUT2D eigenvalue weighted by atomic mass is 10.00. The van der Waals surface area contributed by atoms with Gasteiger partial charge in [-0.25, -0.2) is 4.39 Å². The second kappa shape index (κ2) is 11.4. The zero-order chi connectivity index (χ0) is 27.2. The summed E-state index contributed by atoms with van der Waals surface area (Å²) in [6.45, 7) is 0.264. The number of hydrogen-bond acceptors (Lipinski definition) is 3. The Hall–Kier alpha value is -3.91. The molecule has 11 heteroatoms. The number of halogens is 7. The first-order valence-corrected chi connectivity index (χ1v) is 10.8. The van der Waals surface area contributed by atoms with E-state index >= 15 is 0 Å². The highest BCUT2D eigenvalue weighted by Crippen LogP contribution is 2.37. The van der Waals surface area contributed by atoms with Gasteiger partial charge in [0.2, 0.25) is 5.91 Å². The number of pyridine rings is 1. The third-order valence-corrected chi connectivity index (χ3v) is 5.17. The van der Waals surface area contributed by atoms with E-state index in [2.05, 4.69) is 22.1 Å². The van der Waals surface area contributed by atoms with E-state index in [0.717, 1.165) is 22.6 Å². The van der Waals surface area contributed by atoms with Gasteiger partial charge >= 0.3 is 12.4 Å². The molecule has 0 spiro atoms. The van der Waals surface area contributed by atoms with Crippen molar-refractivity contribution in [3.05, 3.63) is 94.6 Å². The molecule has 1 heterocycles. The van der Waals surface area contributed by atoms with Crippen molar-refractivity contribution in [3.63, 3.8) is 0 Å². The monoisotopic (exact) mass is 523 g/mol. The first kappa shape index (κ1) is 27.7. The minimum atomic E-state index is -5.12. The molecule has 2 aromatic carbocycles. The van der Waals surface area contributed by atoms with Crippen molar-refractivity contribution < 1.29 is 35.5 Å². The highest BCUT2D eigenvalue weighted by Gasteiger charge is 2.38. The minimum absolute atomic E-state index is 0.0181. The van der Waals surface area contributed by atoms with Crippen molar-refractivity contribution in [1.29, 1.82) is 0 Å². The molecule has 1 N–H and O–H groups in total. The summed E-state index contributed by atoms with van der Waals surface area (Å²) in [6.07, 6.45) is -7.84. The van der Waals surface area contributed by atoms with Gasteiger partial charge in [0.05, 0.1) is 24.1 Å². The number of nitrogens with one attached hydrogen (secondary N) is 1. The molecule has 0 atom stereocenters. The van der Waals surface area contributed by atoms with Crippen molar-refractivity contribution in [3.8, 4) is 11.8 Å². The molecule has 3 rings (SSSR count).